The molecule has 1 N–H and O–H groups in total. The lowest BCUT2D eigenvalue weighted by Gasteiger charge is -2.11. The van der Waals surface area contributed by atoms with Gasteiger partial charge in [0, 0.05) is 27.9 Å². The summed E-state index contributed by atoms with van der Waals surface area (Å²) in [6.07, 6.45) is 0.488. The molecule has 0 amide bonds. The number of nitrogens with zero attached hydrogens (tertiary/aromatic N) is 2. The summed E-state index contributed by atoms with van der Waals surface area (Å²) in [5.74, 6) is 0.223. The largest absolute Gasteiger partial charge is 0.481 e. The molecule has 0 saturated heterocycles. The van der Waals surface area contributed by atoms with Crippen molar-refractivity contribution >= 4 is 40.9 Å². The number of hydrogen-bond acceptors (Lipinski definition) is 3. The lowest BCUT2D eigenvalue weighted by Crippen LogP contribution is -2.06. The van der Waals surface area contributed by atoms with E-state index in [1.165, 1.54) is 0 Å². The van der Waals surface area contributed by atoms with Crippen molar-refractivity contribution in [2.24, 2.45) is 0 Å². The van der Waals surface area contributed by atoms with Crippen LogP contribution < -0.4 is 0 Å². The minimum absolute atomic E-state index is 0.0711. The monoisotopic (exact) mass is 386 g/mol. The molecular formula is C17H20Cl2N2O2S. The third-order valence-electron chi connectivity index (χ3n) is 3.50. The van der Waals surface area contributed by atoms with Gasteiger partial charge in [0.05, 0.1) is 12.1 Å². The fourth-order valence-electron chi connectivity index (χ4n) is 2.42. The zero-order chi connectivity index (χ0) is 17.9. The van der Waals surface area contributed by atoms with E-state index in [9.17, 15) is 4.79 Å². The zero-order valence-corrected chi connectivity index (χ0v) is 16.2. The van der Waals surface area contributed by atoms with E-state index in [1.54, 1.807) is 17.8 Å². The van der Waals surface area contributed by atoms with E-state index >= 15 is 0 Å². The molecule has 7 heteroatoms. The van der Waals surface area contributed by atoms with Crippen LogP contribution >= 0.6 is 35.0 Å². The van der Waals surface area contributed by atoms with E-state index in [0.717, 1.165) is 28.0 Å². The summed E-state index contributed by atoms with van der Waals surface area (Å²) in [7, 11) is 0. The normalized spacial score (nSPS) is 11.2. The van der Waals surface area contributed by atoms with E-state index in [2.05, 4.69) is 18.4 Å². The molecule has 1 heterocycles. The Kier molecular flexibility index (Phi) is 6.61. The first-order valence-corrected chi connectivity index (χ1v) is 9.34. The molecule has 0 saturated carbocycles. The van der Waals surface area contributed by atoms with E-state index < -0.39 is 5.97 Å². The average Bonchev–Trinajstić information content (AvgIpc) is 2.81. The van der Waals surface area contributed by atoms with Crippen molar-refractivity contribution in [2.45, 2.75) is 56.0 Å². The molecule has 0 radical (unpaired) electrons. The van der Waals surface area contributed by atoms with Crippen LogP contribution in [0.3, 0.4) is 0 Å². The standard InChI is InChI=1S/C17H20Cl2N2O2S/c1-4-21-14(5-6-15(22)23)20-16(10(2)3)17(21)24-13-8-11(18)7-12(19)9-13/h7-10H,4-6H2,1-3H3,(H,22,23). The van der Waals surface area contributed by atoms with Crippen LogP contribution in [0.15, 0.2) is 28.1 Å². The molecule has 0 fully saturated rings. The number of rotatable bonds is 7. The number of imidazole rings is 1. The molecule has 0 aliphatic carbocycles. The minimum Gasteiger partial charge on any atom is -0.481 e. The van der Waals surface area contributed by atoms with E-state index in [4.69, 9.17) is 33.3 Å². The minimum atomic E-state index is -0.817. The van der Waals surface area contributed by atoms with Gasteiger partial charge in [-0.3, -0.25) is 4.79 Å². The Morgan fingerprint density at radius 1 is 1.29 bits per heavy atom. The number of aliphatic carboxylic acids is 1. The van der Waals surface area contributed by atoms with Crippen molar-refractivity contribution in [3.63, 3.8) is 0 Å². The highest BCUT2D eigenvalue weighted by Crippen LogP contribution is 2.37. The number of hydrogen-bond donors (Lipinski definition) is 1. The third kappa shape index (κ3) is 4.68. The zero-order valence-electron chi connectivity index (χ0n) is 13.8. The summed E-state index contributed by atoms with van der Waals surface area (Å²) < 4.78 is 2.08. The van der Waals surface area contributed by atoms with Crippen LogP contribution in [0.25, 0.3) is 0 Å². The van der Waals surface area contributed by atoms with Crippen LogP contribution in [-0.4, -0.2) is 20.6 Å². The quantitative estimate of drug-likeness (QED) is 0.681. The SMILES string of the molecule is CCn1c(CCC(=O)O)nc(C(C)C)c1Sc1cc(Cl)cc(Cl)c1. The average molecular weight is 387 g/mol. The summed E-state index contributed by atoms with van der Waals surface area (Å²) in [6, 6.07) is 5.43. The lowest BCUT2D eigenvalue weighted by atomic mass is 10.1. The van der Waals surface area contributed by atoms with Crippen LogP contribution in [0.5, 0.6) is 0 Å². The highest BCUT2D eigenvalue weighted by atomic mass is 35.5. The molecule has 130 valence electrons. The topological polar surface area (TPSA) is 55.1 Å². The molecule has 1 aromatic carbocycles. The van der Waals surface area contributed by atoms with Crippen molar-refractivity contribution in [3.8, 4) is 0 Å². The summed E-state index contributed by atoms with van der Waals surface area (Å²) in [5, 5.41) is 11.1. The highest BCUT2D eigenvalue weighted by molar-refractivity contribution is 7.99. The maximum atomic E-state index is 10.9. The number of carbonyl (C=O) groups is 1. The van der Waals surface area contributed by atoms with Crippen LogP contribution in [0.4, 0.5) is 0 Å². The summed E-state index contributed by atoms with van der Waals surface area (Å²) in [5.41, 5.74) is 0.971. The molecule has 0 bridgehead atoms. The van der Waals surface area contributed by atoms with Gasteiger partial charge >= 0.3 is 5.97 Å². The van der Waals surface area contributed by atoms with Gasteiger partial charge in [0.1, 0.15) is 10.9 Å². The number of aromatic nitrogens is 2. The second kappa shape index (κ2) is 8.28. The first-order valence-electron chi connectivity index (χ1n) is 7.76. The van der Waals surface area contributed by atoms with Gasteiger partial charge < -0.3 is 9.67 Å². The van der Waals surface area contributed by atoms with Crippen LogP contribution in [0.2, 0.25) is 10.0 Å². The summed E-state index contributed by atoms with van der Waals surface area (Å²) in [6.45, 7) is 6.92. The molecule has 1 aromatic heterocycles. The molecule has 0 aliphatic heterocycles. The maximum absolute atomic E-state index is 10.9. The Labute approximate surface area is 156 Å². The fourth-order valence-corrected chi connectivity index (χ4v) is 4.40. The molecule has 4 nitrogen and oxygen atoms in total. The number of benzene rings is 1. The predicted octanol–water partition coefficient (Wildman–Crippen LogP) is 5.50. The van der Waals surface area contributed by atoms with Gasteiger partial charge in [-0.15, -0.1) is 0 Å². The van der Waals surface area contributed by atoms with Crippen LogP contribution in [0, 0.1) is 0 Å². The second-order valence-electron chi connectivity index (χ2n) is 5.72. The Morgan fingerprint density at radius 3 is 2.42 bits per heavy atom. The van der Waals surface area contributed by atoms with E-state index in [-0.39, 0.29) is 12.3 Å². The van der Waals surface area contributed by atoms with Crippen molar-refractivity contribution in [2.75, 3.05) is 0 Å². The van der Waals surface area contributed by atoms with E-state index in [0.29, 0.717) is 16.5 Å². The molecule has 0 spiro atoms. The highest BCUT2D eigenvalue weighted by Gasteiger charge is 2.20. The van der Waals surface area contributed by atoms with Gasteiger partial charge in [-0.2, -0.15) is 0 Å². The first kappa shape index (κ1) is 19.2. The van der Waals surface area contributed by atoms with Gasteiger partial charge in [-0.05, 0) is 31.0 Å². The van der Waals surface area contributed by atoms with Gasteiger partial charge in [0.15, 0.2) is 0 Å². The maximum Gasteiger partial charge on any atom is 0.303 e. The van der Waals surface area contributed by atoms with Gasteiger partial charge in [-0.1, -0.05) is 48.8 Å². The Bertz CT molecular complexity index is 724. The number of carboxylic acids is 1. The Morgan fingerprint density at radius 2 is 1.92 bits per heavy atom. The van der Waals surface area contributed by atoms with Crippen molar-refractivity contribution in [1.82, 2.24) is 9.55 Å². The van der Waals surface area contributed by atoms with Crippen molar-refractivity contribution in [1.29, 1.82) is 0 Å². The van der Waals surface area contributed by atoms with Crippen LogP contribution in [0.1, 0.15) is 44.6 Å². The first-order chi connectivity index (χ1) is 11.3. The molecular weight excluding hydrogens is 367 g/mol. The molecule has 0 unspecified atom stereocenters. The molecule has 2 aromatic rings. The summed E-state index contributed by atoms with van der Waals surface area (Å²) in [4.78, 5) is 16.5. The molecule has 2 rings (SSSR count). The fraction of sp³-hybridized carbons (Fsp3) is 0.412. The van der Waals surface area contributed by atoms with Gasteiger partial charge in [0.2, 0.25) is 0 Å². The second-order valence-corrected chi connectivity index (χ2v) is 7.65. The van der Waals surface area contributed by atoms with Gasteiger partial charge in [0.25, 0.3) is 0 Å². The number of carboxylic acid groups (broad SMARTS) is 1. The Hall–Kier alpha value is -1.17. The predicted molar refractivity (Wildman–Crippen MR) is 98.5 cm³/mol. The number of halogens is 2. The molecule has 24 heavy (non-hydrogen) atoms. The molecule has 0 atom stereocenters. The Balaban J connectivity index is 2.43. The van der Waals surface area contributed by atoms with E-state index in [1.807, 2.05) is 19.1 Å². The van der Waals surface area contributed by atoms with Crippen molar-refractivity contribution < 1.29 is 9.90 Å². The van der Waals surface area contributed by atoms with Crippen molar-refractivity contribution in [3.05, 3.63) is 39.8 Å². The summed E-state index contributed by atoms with van der Waals surface area (Å²) >= 11 is 13.8. The van der Waals surface area contributed by atoms with Gasteiger partial charge in [-0.25, -0.2) is 4.98 Å². The van der Waals surface area contributed by atoms with Crippen LogP contribution in [-0.2, 0) is 17.8 Å². The molecule has 0 aliphatic rings. The third-order valence-corrected chi connectivity index (χ3v) is 5.03. The smallest absolute Gasteiger partial charge is 0.303 e. The number of aryl methyl sites for hydroxylation is 1. The lowest BCUT2D eigenvalue weighted by molar-refractivity contribution is -0.137.